The second-order valence-electron chi connectivity index (χ2n) is 4.66. The molecule has 0 saturated carbocycles. The Balaban J connectivity index is 4.57. The second-order valence-corrected chi connectivity index (χ2v) is 4.66. The van der Waals surface area contributed by atoms with Gasteiger partial charge in [0.15, 0.2) is 0 Å². The van der Waals surface area contributed by atoms with Crippen molar-refractivity contribution in [1.29, 1.82) is 0 Å². The van der Waals surface area contributed by atoms with E-state index >= 15 is 0 Å². The minimum Gasteiger partial charge on any atom is -0.480 e. The van der Waals surface area contributed by atoms with E-state index in [0.29, 0.717) is 13.0 Å². The van der Waals surface area contributed by atoms with Gasteiger partial charge in [0, 0.05) is 31.5 Å². The Morgan fingerprint density at radius 2 is 2.12 bits per heavy atom. The summed E-state index contributed by atoms with van der Waals surface area (Å²) < 4.78 is 5.23. The summed E-state index contributed by atoms with van der Waals surface area (Å²) in [6.07, 6.45) is 0.308. The fourth-order valence-electron chi connectivity index (χ4n) is 1.56. The molecule has 0 spiro atoms. The Kier molecular flexibility index (Phi) is 5.95. The average Bonchev–Trinajstić information content (AvgIpc) is 2.24. The Bertz CT molecular complexity index is 313. The lowest BCUT2D eigenvalue weighted by Crippen LogP contribution is -2.54. The molecule has 98 valence electrons. The second kappa shape index (κ2) is 6.44. The topological polar surface area (TPSA) is 107 Å². The zero-order chi connectivity index (χ0) is 13.5. The number of nitrogens with zero attached hydrogens (tertiary/aromatic N) is 3. The van der Waals surface area contributed by atoms with Gasteiger partial charge in [0.1, 0.15) is 5.54 Å². The fraction of sp³-hybridized carbons (Fsp3) is 0.900. The molecule has 0 rings (SSSR count). The number of azide groups is 1. The number of hydrogen-bond acceptors (Lipinski definition) is 4. The lowest BCUT2D eigenvalue weighted by molar-refractivity contribution is -0.147. The van der Waals surface area contributed by atoms with Gasteiger partial charge in [-0.2, -0.15) is 0 Å². The van der Waals surface area contributed by atoms with Crippen molar-refractivity contribution >= 4 is 5.97 Å². The number of ether oxygens (including phenoxy) is 1. The van der Waals surface area contributed by atoms with Crippen molar-refractivity contribution in [2.45, 2.75) is 38.3 Å². The molecule has 0 bridgehead atoms. The highest BCUT2D eigenvalue weighted by Crippen LogP contribution is 2.23. The van der Waals surface area contributed by atoms with E-state index in [2.05, 4.69) is 15.3 Å². The molecule has 7 nitrogen and oxygen atoms in total. The van der Waals surface area contributed by atoms with Crippen molar-refractivity contribution < 1.29 is 14.6 Å². The maximum absolute atomic E-state index is 11.3. The van der Waals surface area contributed by atoms with Gasteiger partial charge < -0.3 is 15.2 Å². The number of carbonyl (C=O) groups is 1. The first kappa shape index (κ1) is 15.7. The summed E-state index contributed by atoms with van der Waals surface area (Å²) >= 11 is 0. The first-order valence-corrected chi connectivity index (χ1v) is 5.32. The van der Waals surface area contributed by atoms with E-state index in [1.807, 2.05) is 13.8 Å². The van der Waals surface area contributed by atoms with Gasteiger partial charge in [-0.1, -0.05) is 5.11 Å². The molecule has 1 atom stereocenters. The van der Waals surface area contributed by atoms with E-state index in [1.54, 1.807) is 14.0 Å². The molecule has 7 heteroatoms. The maximum Gasteiger partial charge on any atom is 0.323 e. The van der Waals surface area contributed by atoms with Crippen molar-refractivity contribution in [2.75, 3.05) is 20.2 Å². The predicted molar refractivity (Wildman–Crippen MR) is 63.8 cm³/mol. The van der Waals surface area contributed by atoms with E-state index in [-0.39, 0.29) is 6.54 Å². The van der Waals surface area contributed by atoms with Crippen LogP contribution < -0.4 is 5.32 Å². The summed E-state index contributed by atoms with van der Waals surface area (Å²) in [7, 11) is 1.54. The summed E-state index contributed by atoms with van der Waals surface area (Å²) in [5.41, 5.74) is 6.47. The van der Waals surface area contributed by atoms with Crippen LogP contribution in [-0.4, -0.2) is 42.4 Å². The first-order chi connectivity index (χ1) is 7.77. The van der Waals surface area contributed by atoms with Gasteiger partial charge in [-0.05, 0) is 26.3 Å². The van der Waals surface area contributed by atoms with Crippen molar-refractivity contribution in [3.63, 3.8) is 0 Å². The summed E-state index contributed by atoms with van der Waals surface area (Å²) in [6.45, 7) is 5.76. The van der Waals surface area contributed by atoms with E-state index in [9.17, 15) is 9.90 Å². The molecule has 0 amide bonds. The molecule has 1 unspecified atom stereocenters. The van der Waals surface area contributed by atoms with E-state index < -0.39 is 17.1 Å². The quantitative estimate of drug-likeness (QED) is 0.292. The maximum atomic E-state index is 11.3. The zero-order valence-electron chi connectivity index (χ0n) is 10.7. The molecule has 0 saturated heterocycles. The van der Waals surface area contributed by atoms with E-state index in [0.717, 1.165) is 0 Å². The van der Waals surface area contributed by atoms with Crippen LogP contribution in [0.3, 0.4) is 0 Å². The zero-order valence-corrected chi connectivity index (χ0v) is 10.7. The Morgan fingerprint density at radius 1 is 1.53 bits per heavy atom. The fourth-order valence-corrected chi connectivity index (χ4v) is 1.56. The van der Waals surface area contributed by atoms with Gasteiger partial charge in [0.25, 0.3) is 0 Å². The molecular formula is C10H20N4O3. The van der Waals surface area contributed by atoms with Gasteiger partial charge in [-0.25, -0.2) is 0 Å². The van der Waals surface area contributed by atoms with Crippen molar-refractivity contribution in [2.24, 2.45) is 5.11 Å². The van der Waals surface area contributed by atoms with Crippen LogP contribution in [0.4, 0.5) is 0 Å². The highest BCUT2D eigenvalue weighted by Gasteiger charge is 2.38. The summed E-state index contributed by atoms with van der Waals surface area (Å²) in [4.78, 5) is 13.9. The van der Waals surface area contributed by atoms with Gasteiger partial charge in [0.05, 0.1) is 5.60 Å². The molecule has 0 aromatic carbocycles. The molecule has 0 aromatic rings. The van der Waals surface area contributed by atoms with Gasteiger partial charge in [-0.3, -0.25) is 4.79 Å². The highest BCUT2D eigenvalue weighted by atomic mass is 16.5. The average molecular weight is 244 g/mol. The summed E-state index contributed by atoms with van der Waals surface area (Å²) in [5.74, 6) is -0.955. The van der Waals surface area contributed by atoms with Crippen LogP contribution in [0, 0.1) is 0 Å². The number of nitrogens with one attached hydrogen (secondary N) is 1. The minimum atomic E-state index is -1.11. The summed E-state index contributed by atoms with van der Waals surface area (Å²) in [6, 6.07) is 0. The van der Waals surface area contributed by atoms with E-state index in [4.69, 9.17) is 10.3 Å². The normalized spacial score (nSPS) is 14.8. The predicted octanol–water partition coefficient (Wildman–Crippen LogP) is 1.54. The Morgan fingerprint density at radius 3 is 2.53 bits per heavy atom. The highest BCUT2D eigenvalue weighted by molar-refractivity contribution is 5.78. The monoisotopic (exact) mass is 244 g/mol. The Hall–Kier alpha value is -1.30. The molecule has 0 aliphatic carbocycles. The Labute approximate surface area is 101 Å². The van der Waals surface area contributed by atoms with E-state index in [1.165, 1.54) is 0 Å². The van der Waals surface area contributed by atoms with Crippen LogP contribution in [0.2, 0.25) is 0 Å². The third kappa shape index (κ3) is 5.53. The van der Waals surface area contributed by atoms with Gasteiger partial charge >= 0.3 is 5.97 Å². The van der Waals surface area contributed by atoms with Gasteiger partial charge in [0.2, 0.25) is 0 Å². The number of hydrogen-bond donors (Lipinski definition) is 2. The van der Waals surface area contributed by atoms with Crippen molar-refractivity contribution in [1.82, 2.24) is 5.32 Å². The van der Waals surface area contributed by atoms with Crippen LogP contribution in [-0.2, 0) is 9.53 Å². The third-order valence-electron chi connectivity index (χ3n) is 2.59. The molecular weight excluding hydrogens is 224 g/mol. The smallest absolute Gasteiger partial charge is 0.323 e. The molecule has 0 radical (unpaired) electrons. The number of carboxylic acid groups (broad SMARTS) is 1. The first-order valence-electron chi connectivity index (χ1n) is 5.32. The number of carboxylic acids is 1. The van der Waals surface area contributed by atoms with Crippen LogP contribution >= 0.6 is 0 Å². The molecule has 0 aromatic heterocycles. The van der Waals surface area contributed by atoms with Crippen LogP contribution in [0.25, 0.3) is 10.4 Å². The number of rotatable bonds is 8. The number of methoxy groups -OCH3 is 1. The van der Waals surface area contributed by atoms with Crippen LogP contribution in [0.5, 0.6) is 0 Å². The van der Waals surface area contributed by atoms with Crippen molar-refractivity contribution in [3.8, 4) is 0 Å². The molecule has 0 aliphatic heterocycles. The molecule has 0 heterocycles. The van der Waals surface area contributed by atoms with Crippen LogP contribution in [0.1, 0.15) is 27.2 Å². The van der Waals surface area contributed by atoms with Gasteiger partial charge in [-0.15, -0.1) is 0 Å². The largest absolute Gasteiger partial charge is 0.480 e. The minimum absolute atomic E-state index is 0.215. The number of aliphatic carboxylic acids is 1. The standard InChI is InChI=1S/C10H20N4O3/c1-9(2,17-4)7-10(3,8(15)16)12-5-6-13-14-11/h12H,5-7H2,1-4H3,(H,15,16). The molecule has 0 aliphatic rings. The van der Waals surface area contributed by atoms with Crippen molar-refractivity contribution in [3.05, 3.63) is 10.4 Å². The van der Waals surface area contributed by atoms with Crippen LogP contribution in [0.15, 0.2) is 5.11 Å². The molecule has 0 fully saturated rings. The molecule has 17 heavy (non-hydrogen) atoms. The third-order valence-corrected chi connectivity index (χ3v) is 2.59. The lowest BCUT2D eigenvalue weighted by atomic mass is 9.87. The molecule has 2 N–H and O–H groups in total. The lowest BCUT2D eigenvalue weighted by Gasteiger charge is -2.34. The SMILES string of the molecule is COC(C)(C)CC(C)(NCCN=[N+]=[N-])C(=O)O. The summed E-state index contributed by atoms with van der Waals surface area (Å²) in [5, 5.41) is 15.4.